The van der Waals surface area contributed by atoms with E-state index in [2.05, 4.69) is 15.1 Å². The lowest BCUT2D eigenvalue weighted by molar-refractivity contribution is -0.123. The fourth-order valence-corrected chi connectivity index (χ4v) is 4.37. The summed E-state index contributed by atoms with van der Waals surface area (Å²) in [7, 11) is 0. The van der Waals surface area contributed by atoms with Gasteiger partial charge >= 0.3 is 0 Å². The van der Waals surface area contributed by atoms with E-state index in [0.29, 0.717) is 19.1 Å². The first-order valence-corrected chi connectivity index (χ1v) is 10.0. The Morgan fingerprint density at radius 2 is 1.92 bits per heavy atom. The number of aliphatic hydroxyl groups is 1. The van der Waals surface area contributed by atoms with Crippen molar-refractivity contribution < 1.29 is 9.90 Å². The van der Waals surface area contributed by atoms with Gasteiger partial charge in [-0.1, -0.05) is 25.3 Å². The van der Waals surface area contributed by atoms with Crippen LogP contribution in [0.25, 0.3) is 0 Å². The Morgan fingerprint density at radius 1 is 1.21 bits per heavy atom. The molecule has 2 fully saturated rings. The van der Waals surface area contributed by atoms with Crippen LogP contribution >= 0.6 is 11.3 Å². The van der Waals surface area contributed by atoms with Crippen molar-refractivity contribution in [1.29, 1.82) is 0 Å². The minimum atomic E-state index is -0.397. The van der Waals surface area contributed by atoms with Gasteiger partial charge in [-0.05, 0) is 24.3 Å². The molecule has 5 nitrogen and oxygen atoms in total. The zero-order valence-electron chi connectivity index (χ0n) is 14.3. The molecule has 1 saturated heterocycles. The van der Waals surface area contributed by atoms with Crippen molar-refractivity contribution in [1.82, 2.24) is 15.1 Å². The summed E-state index contributed by atoms with van der Waals surface area (Å²) >= 11 is 1.60. The predicted molar refractivity (Wildman–Crippen MR) is 97.2 cm³/mol. The molecule has 1 aromatic heterocycles. The van der Waals surface area contributed by atoms with Gasteiger partial charge in [0.2, 0.25) is 5.91 Å². The highest BCUT2D eigenvalue weighted by atomic mass is 32.1. The maximum absolute atomic E-state index is 12.2. The Balaban J connectivity index is 1.35. The van der Waals surface area contributed by atoms with Crippen LogP contribution in [0.5, 0.6) is 0 Å². The van der Waals surface area contributed by atoms with Crippen LogP contribution < -0.4 is 5.32 Å². The van der Waals surface area contributed by atoms with Crippen LogP contribution in [-0.2, 0) is 4.79 Å². The van der Waals surface area contributed by atoms with E-state index in [9.17, 15) is 9.90 Å². The van der Waals surface area contributed by atoms with E-state index in [0.717, 1.165) is 43.9 Å². The molecule has 0 aromatic carbocycles. The molecule has 3 rings (SSSR count). The van der Waals surface area contributed by atoms with Gasteiger partial charge in [0.15, 0.2) is 0 Å². The van der Waals surface area contributed by atoms with E-state index in [-0.39, 0.29) is 5.91 Å². The molecule has 6 heteroatoms. The molecular weight excluding hydrogens is 322 g/mol. The normalized spacial score (nSPS) is 22.4. The van der Waals surface area contributed by atoms with Crippen LogP contribution in [0.1, 0.15) is 43.1 Å². The van der Waals surface area contributed by atoms with E-state index >= 15 is 0 Å². The topological polar surface area (TPSA) is 55.8 Å². The Bertz CT molecular complexity index is 494. The number of hydrogen-bond acceptors (Lipinski definition) is 5. The summed E-state index contributed by atoms with van der Waals surface area (Å²) in [6, 6.07) is 4.36. The Morgan fingerprint density at radius 3 is 2.58 bits per heavy atom. The first-order valence-electron chi connectivity index (χ1n) is 9.16. The molecule has 0 unspecified atom stereocenters. The van der Waals surface area contributed by atoms with Gasteiger partial charge in [0.25, 0.3) is 0 Å². The molecule has 1 atom stereocenters. The molecule has 1 amide bonds. The zero-order chi connectivity index (χ0) is 16.8. The third-order valence-electron chi connectivity index (χ3n) is 5.11. The third kappa shape index (κ3) is 5.28. The van der Waals surface area contributed by atoms with Crippen LogP contribution in [-0.4, -0.2) is 66.1 Å². The maximum Gasteiger partial charge on any atom is 0.234 e. The number of β-amino-alcohol motifs (C(OH)–C–C–N with tert-alkyl or cyclic N) is 1. The van der Waals surface area contributed by atoms with Gasteiger partial charge in [-0.3, -0.25) is 14.6 Å². The van der Waals surface area contributed by atoms with Crippen LogP contribution in [0.15, 0.2) is 17.5 Å². The van der Waals surface area contributed by atoms with Crippen molar-refractivity contribution in [3.63, 3.8) is 0 Å². The fourth-order valence-electron chi connectivity index (χ4n) is 3.67. The molecule has 1 aromatic rings. The van der Waals surface area contributed by atoms with Gasteiger partial charge in [-0.15, -0.1) is 11.3 Å². The lowest BCUT2D eigenvalue weighted by Gasteiger charge is -2.35. The van der Waals surface area contributed by atoms with Crippen molar-refractivity contribution in [2.75, 3.05) is 39.3 Å². The summed E-state index contributed by atoms with van der Waals surface area (Å²) < 4.78 is 0. The molecule has 1 aliphatic heterocycles. The SMILES string of the molecule is O=C(CN1CCN(C[C@@H](O)c2cccs2)CC1)NC1CCCCC1. The first kappa shape index (κ1) is 17.9. The number of rotatable bonds is 6. The van der Waals surface area contributed by atoms with Crippen LogP contribution in [0.4, 0.5) is 0 Å². The van der Waals surface area contributed by atoms with Crippen molar-refractivity contribution >= 4 is 17.2 Å². The van der Waals surface area contributed by atoms with Crippen molar-refractivity contribution in [3.8, 4) is 0 Å². The monoisotopic (exact) mass is 351 g/mol. The predicted octanol–water partition coefficient (Wildman–Crippen LogP) is 1.85. The molecule has 2 N–H and O–H groups in total. The standard InChI is InChI=1S/C18H29N3O2S/c22-16(17-7-4-12-24-17)13-20-8-10-21(11-9-20)14-18(23)19-15-5-2-1-3-6-15/h4,7,12,15-16,22H,1-3,5-6,8-11,13-14H2,(H,19,23)/t16-/m1/s1. The highest BCUT2D eigenvalue weighted by molar-refractivity contribution is 7.10. The number of amides is 1. The smallest absolute Gasteiger partial charge is 0.234 e. The molecule has 2 aliphatic rings. The van der Waals surface area contributed by atoms with Gasteiger partial charge < -0.3 is 10.4 Å². The summed E-state index contributed by atoms with van der Waals surface area (Å²) in [4.78, 5) is 17.7. The van der Waals surface area contributed by atoms with Crippen molar-refractivity contribution in [2.24, 2.45) is 0 Å². The maximum atomic E-state index is 12.2. The van der Waals surface area contributed by atoms with E-state index in [1.807, 2.05) is 17.5 Å². The number of thiophene rings is 1. The molecule has 1 aliphatic carbocycles. The average molecular weight is 352 g/mol. The van der Waals surface area contributed by atoms with Gasteiger partial charge in [0.1, 0.15) is 6.10 Å². The molecule has 0 bridgehead atoms. The lowest BCUT2D eigenvalue weighted by atomic mass is 9.95. The Labute approximate surface area is 148 Å². The second-order valence-electron chi connectivity index (χ2n) is 7.01. The van der Waals surface area contributed by atoms with Crippen molar-refractivity contribution in [3.05, 3.63) is 22.4 Å². The molecule has 1 saturated carbocycles. The summed E-state index contributed by atoms with van der Waals surface area (Å²) in [6.07, 6.45) is 5.68. The molecule has 0 radical (unpaired) electrons. The number of aliphatic hydroxyl groups excluding tert-OH is 1. The fraction of sp³-hybridized carbons (Fsp3) is 0.722. The van der Waals surface area contributed by atoms with E-state index in [1.165, 1.54) is 19.3 Å². The largest absolute Gasteiger partial charge is 0.386 e. The number of piperazine rings is 1. The molecule has 2 heterocycles. The van der Waals surface area contributed by atoms with E-state index < -0.39 is 6.10 Å². The second kappa shape index (κ2) is 8.94. The average Bonchev–Trinajstić information content (AvgIpc) is 3.12. The van der Waals surface area contributed by atoms with Gasteiger partial charge in [0.05, 0.1) is 6.54 Å². The third-order valence-corrected chi connectivity index (χ3v) is 6.08. The lowest BCUT2D eigenvalue weighted by Crippen LogP contribution is -2.51. The highest BCUT2D eigenvalue weighted by Gasteiger charge is 2.23. The van der Waals surface area contributed by atoms with Gasteiger partial charge in [0, 0.05) is 43.6 Å². The van der Waals surface area contributed by atoms with Gasteiger partial charge in [-0.25, -0.2) is 0 Å². The summed E-state index contributed by atoms with van der Waals surface area (Å²) in [6.45, 7) is 4.82. The van der Waals surface area contributed by atoms with Crippen molar-refractivity contribution in [2.45, 2.75) is 44.2 Å². The van der Waals surface area contributed by atoms with Crippen LogP contribution in [0.2, 0.25) is 0 Å². The number of carbonyl (C=O) groups excluding carboxylic acids is 1. The number of carbonyl (C=O) groups is 1. The Hall–Kier alpha value is -0.950. The number of nitrogens with one attached hydrogen (secondary N) is 1. The number of nitrogens with zero attached hydrogens (tertiary/aromatic N) is 2. The quantitative estimate of drug-likeness (QED) is 0.821. The summed E-state index contributed by atoms with van der Waals surface area (Å²) in [5.41, 5.74) is 0. The van der Waals surface area contributed by atoms with Crippen LogP contribution in [0.3, 0.4) is 0 Å². The molecule has 0 spiro atoms. The Kier molecular flexibility index (Phi) is 6.66. The first-order chi connectivity index (χ1) is 11.7. The molecule has 24 heavy (non-hydrogen) atoms. The second-order valence-corrected chi connectivity index (χ2v) is 7.99. The summed E-state index contributed by atoms with van der Waals surface area (Å²) in [5, 5.41) is 15.4. The number of hydrogen-bond donors (Lipinski definition) is 2. The minimum absolute atomic E-state index is 0.175. The highest BCUT2D eigenvalue weighted by Crippen LogP contribution is 2.20. The van der Waals surface area contributed by atoms with E-state index in [1.54, 1.807) is 11.3 Å². The minimum Gasteiger partial charge on any atom is -0.386 e. The zero-order valence-corrected chi connectivity index (χ0v) is 15.1. The van der Waals surface area contributed by atoms with Crippen LogP contribution in [0, 0.1) is 0 Å². The molecule has 134 valence electrons. The van der Waals surface area contributed by atoms with E-state index in [4.69, 9.17) is 0 Å². The summed E-state index contributed by atoms with van der Waals surface area (Å²) in [5.74, 6) is 0.175. The molecular formula is C18H29N3O2S. The van der Waals surface area contributed by atoms with Gasteiger partial charge in [-0.2, -0.15) is 0 Å².